The summed E-state index contributed by atoms with van der Waals surface area (Å²) in [4.78, 5) is 0.870. The van der Waals surface area contributed by atoms with Crippen molar-refractivity contribution < 1.29 is 4.55 Å². The van der Waals surface area contributed by atoms with Crippen LogP contribution in [-0.4, -0.2) is 9.30 Å². The smallest absolute Gasteiger partial charge is 0.156 e. The molecule has 1 aliphatic rings. The number of hydrogen-bond acceptors (Lipinski definition) is 1. The Labute approximate surface area is 161 Å². The molecule has 0 fully saturated rings. The maximum Gasteiger partial charge on any atom is 0.156 e. The van der Waals surface area contributed by atoms with Crippen LogP contribution in [-0.2, 0) is 11.2 Å². The first kappa shape index (κ1) is 18.2. The lowest BCUT2D eigenvalue weighted by molar-refractivity contribution is 0.534. The Morgan fingerprint density at radius 2 is 1.72 bits per heavy atom. The Hall–Kier alpha value is -1.55. The Balaban J connectivity index is 1.86. The van der Waals surface area contributed by atoms with Gasteiger partial charge in [-0.25, -0.2) is 0 Å². The number of aryl methyl sites for hydroxylation is 1. The van der Waals surface area contributed by atoms with Crippen molar-refractivity contribution in [3.8, 4) is 0 Å². The quantitative estimate of drug-likeness (QED) is 0.557. The fourth-order valence-electron chi connectivity index (χ4n) is 2.88. The molecule has 0 heterocycles. The lowest BCUT2D eigenvalue weighted by atomic mass is 9.88. The molecule has 3 atom stereocenters. The molecule has 1 aliphatic carbocycles. The van der Waals surface area contributed by atoms with Crippen LogP contribution in [0.3, 0.4) is 0 Å². The van der Waals surface area contributed by atoms with Gasteiger partial charge in [0.25, 0.3) is 0 Å². The number of halogens is 1. The van der Waals surface area contributed by atoms with Crippen molar-refractivity contribution in [3.05, 3.63) is 94.5 Å². The van der Waals surface area contributed by atoms with Gasteiger partial charge in [-0.15, -0.1) is 0 Å². The summed E-state index contributed by atoms with van der Waals surface area (Å²) in [5, 5.41) is 0. The molecule has 1 nitrogen and oxygen atoms in total. The number of allylic oxidation sites excluding steroid dienone is 4. The third kappa shape index (κ3) is 4.17. The molecule has 0 aliphatic heterocycles. The minimum atomic E-state index is -1.13. The van der Waals surface area contributed by atoms with Gasteiger partial charge < -0.3 is 4.55 Å². The molecule has 2 aromatic carbocycles. The Morgan fingerprint density at radius 3 is 2.40 bits per heavy atom. The van der Waals surface area contributed by atoms with Gasteiger partial charge in [-0.2, -0.15) is 0 Å². The maximum absolute atomic E-state index is 13.3. The Morgan fingerprint density at radius 1 is 1.04 bits per heavy atom. The summed E-state index contributed by atoms with van der Waals surface area (Å²) in [5.41, 5.74) is 2.31. The van der Waals surface area contributed by atoms with Crippen LogP contribution >= 0.6 is 15.9 Å². The van der Waals surface area contributed by atoms with Crippen LogP contribution in [0, 0.1) is 12.8 Å². The zero-order valence-electron chi connectivity index (χ0n) is 14.4. The summed E-state index contributed by atoms with van der Waals surface area (Å²) >= 11 is 2.32. The molecule has 2 aromatic rings. The highest BCUT2D eigenvalue weighted by atomic mass is 79.9. The normalized spacial score (nSPS) is 23.9. The highest BCUT2D eigenvalue weighted by Gasteiger charge is 2.42. The third-order valence-electron chi connectivity index (χ3n) is 4.52. The average Bonchev–Trinajstić information content (AvgIpc) is 2.62. The van der Waals surface area contributed by atoms with E-state index in [2.05, 4.69) is 59.3 Å². The van der Waals surface area contributed by atoms with Gasteiger partial charge in [-0.3, -0.25) is 0 Å². The van der Waals surface area contributed by atoms with Crippen molar-refractivity contribution in [1.29, 1.82) is 0 Å². The van der Waals surface area contributed by atoms with Crippen LogP contribution in [0.5, 0.6) is 0 Å². The SMILES string of the molecule is Cc1ccc([S+]([O-])C2(C)C=CC=CC2/C=C/c2ccc(Br)cc2)cc1. The van der Waals surface area contributed by atoms with E-state index in [4.69, 9.17) is 0 Å². The molecule has 0 radical (unpaired) electrons. The van der Waals surface area contributed by atoms with Crippen molar-refractivity contribution in [1.82, 2.24) is 0 Å². The molecule has 128 valence electrons. The van der Waals surface area contributed by atoms with Crippen LogP contribution in [0.4, 0.5) is 0 Å². The van der Waals surface area contributed by atoms with Crippen molar-refractivity contribution in [2.45, 2.75) is 23.5 Å². The Bertz CT molecular complexity index is 805. The highest BCUT2D eigenvalue weighted by molar-refractivity contribution is 9.10. The van der Waals surface area contributed by atoms with Gasteiger partial charge in [0.2, 0.25) is 0 Å². The fraction of sp³-hybridized carbons (Fsp3) is 0.182. The molecule has 0 spiro atoms. The first-order valence-corrected chi connectivity index (χ1v) is 10.2. The predicted molar refractivity (Wildman–Crippen MR) is 111 cm³/mol. The Kier molecular flexibility index (Phi) is 5.67. The van der Waals surface area contributed by atoms with Gasteiger partial charge in [-0.1, -0.05) is 76.1 Å². The molecular weight excluding hydrogens is 392 g/mol. The molecule has 25 heavy (non-hydrogen) atoms. The molecule has 0 aromatic heterocycles. The number of rotatable bonds is 4. The van der Waals surface area contributed by atoms with Gasteiger partial charge >= 0.3 is 0 Å². The molecule has 0 amide bonds. The standard InChI is InChI=1S/C22H21BrOS/c1-17-6-14-21(15-7-17)25(24)22(2)16-4-3-5-19(22)11-8-18-9-12-20(23)13-10-18/h3-16,19H,1-2H3/b11-8+. The van der Waals surface area contributed by atoms with E-state index in [9.17, 15) is 4.55 Å². The van der Waals surface area contributed by atoms with Crippen molar-refractivity contribution in [2.75, 3.05) is 0 Å². The lowest BCUT2D eigenvalue weighted by Gasteiger charge is -2.35. The summed E-state index contributed by atoms with van der Waals surface area (Å²) in [6.45, 7) is 4.11. The van der Waals surface area contributed by atoms with E-state index < -0.39 is 15.9 Å². The van der Waals surface area contributed by atoms with Gasteiger partial charge in [0, 0.05) is 4.47 Å². The molecule has 0 saturated heterocycles. The predicted octanol–water partition coefficient (Wildman–Crippen LogP) is 6.08. The van der Waals surface area contributed by atoms with E-state index in [1.807, 2.05) is 55.5 Å². The lowest BCUT2D eigenvalue weighted by Crippen LogP contribution is -2.40. The monoisotopic (exact) mass is 412 g/mol. The van der Waals surface area contributed by atoms with E-state index in [1.54, 1.807) is 0 Å². The molecule has 0 saturated carbocycles. The van der Waals surface area contributed by atoms with Crippen LogP contribution < -0.4 is 0 Å². The zero-order chi connectivity index (χ0) is 17.9. The molecule has 0 bridgehead atoms. The third-order valence-corrected chi connectivity index (χ3v) is 6.96. The van der Waals surface area contributed by atoms with Crippen molar-refractivity contribution >= 4 is 33.2 Å². The minimum Gasteiger partial charge on any atom is -0.611 e. The van der Waals surface area contributed by atoms with Crippen molar-refractivity contribution in [2.24, 2.45) is 5.92 Å². The summed E-state index contributed by atoms with van der Waals surface area (Å²) in [6.07, 6.45) is 12.5. The van der Waals surface area contributed by atoms with Gasteiger partial charge in [0.15, 0.2) is 9.64 Å². The second kappa shape index (κ2) is 7.77. The number of benzene rings is 2. The van der Waals surface area contributed by atoms with Gasteiger partial charge in [0.1, 0.15) is 0 Å². The molecule has 3 rings (SSSR count). The molecule has 3 unspecified atom stereocenters. The zero-order valence-corrected chi connectivity index (χ0v) is 16.8. The van der Waals surface area contributed by atoms with E-state index in [0.717, 1.165) is 14.9 Å². The molecule has 3 heteroatoms. The summed E-state index contributed by atoms with van der Waals surface area (Å²) in [7, 11) is 0. The van der Waals surface area contributed by atoms with Crippen molar-refractivity contribution in [3.63, 3.8) is 0 Å². The summed E-state index contributed by atoms with van der Waals surface area (Å²) < 4.78 is 13.9. The first-order valence-electron chi connectivity index (χ1n) is 8.27. The highest BCUT2D eigenvalue weighted by Crippen LogP contribution is 2.38. The van der Waals surface area contributed by atoms with E-state index >= 15 is 0 Å². The van der Waals surface area contributed by atoms with E-state index in [-0.39, 0.29) is 5.92 Å². The van der Waals surface area contributed by atoms with Gasteiger partial charge in [0.05, 0.1) is 5.92 Å². The van der Waals surface area contributed by atoms with E-state index in [0.29, 0.717) is 0 Å². The average molecular weight is 413 g/mol. The second-order valence-corrected chi connectivity index (χ2v) is 9.25. The summed E-state index contributed by atoms with van der Waals surface area (Å²) in [5.74, 6) is 0.0725. The van der Waals surface area contributed by atoms with Gasteiger partial charge in [-0.05, 0) is 60.9 Å². The summed E-state index contributed by atoms with van der Waals surface area (Å²) in [6, 6.07) is 16.2. The topological polar surface area (TPSA) is 23.1 Å². The first-order chi connectivity index (χ1) is 12.0. The van der Waals surface area contributed by atoms with Crippen LogP contribution in [0.1, 0.15) is 18.1 Å². The van der Waals surface area contributed by atoms with Crippen LogP contribution in [0.2, 0.25) is 0 Å². The molecular formula is C22H21BrOS. The maximum atomic E-state index is 13.3. The minimum absolute atomic E-state index is 0.0725. The second-order valence-electron chi connectivity index (χ2n) is 6.45. The largest absolute Gasteiger partial charge is 0.611 e. The van der Waals surface area contributed by atoms with Crippen LogP contribution in [0.15, 0.2) is 88.3 Å². The fourth-order valence-corrected chi connectivity index (χ4v) is 4.64. The number of hydrogen-bond donors (Lipinski definition) is 0. The van der Waals surface area contributed by atoms with Crippen LogP contribution in [0.25, 0.3) is 6.08 Å². The molecule has 0 N–H and O–H groups in total. The van der Waals surface area contributed by atoms with E-state index in [1.165, 1.54) is 5.56 Å².